The van der Waals surface area contributed by atoms with Crippen molar-refractivity contribution in [1.82, 2.24) is 9.88 Å². The van der Waals surface area contributed by atoms with Crippen molar-refractivity contribution >= 4 is 17.2 Å². The summed E-state index contributed by atoms with van der Waals surface area (Å²) in [5.74, 6) is -0.295. The van der Waals surface area contributed by atoms with Gasteiger partial charge in [0.05, 0.1) is 19.0 Å². The van der Waals surface area contributed by atoms with E-state index < -0.39 is 0 Å². The molecule has 1 aromatic carbocycles. The number of thiazole rings is 1. The van der Waals surface area contributed by atoms with Crippen molar-refractivity contribution in [3.8, 4) is 6.07 Å². The highest BCUT2D eigenvalue weighted by atomic mass is 32.1. The molecular weight excluding hydrogens is 286 g/mol. The average molecular weight is 301 g/mol. The average Bonchev–Trinajstić information content (AvgIpc) is 2.77. The van der Waals surface area contributed by atoms with E-state index in [1.165, 1.54) is 0 Å². The molecule has 0 saturated carbocycles. The second-order valence-electron chi connectivity index (χ2n) is 4.52. The molecule has 0 bridgehead atoms. The SMILES string of the molecule is Cc1c(C(=O)NCCC#N)sc(=O)n1Cc1ccccc1. The van der Waals surface area contributed by atoms with Gasteiger partial charge in [-0.3, -0.25) is 14.2 Å². The molecule has 0 atom stereocenters. The van der Waals surface area contributed by atoms with E-state index in [-0.39, 0.29) is 17.2 Å². The zero-order valence-corrected chi connectivity index (χ0v) is 12.4. The number of nitrogens with zero attached hydrogens (tertiary/aromatic N) is 2. The number of hydrogen-bond acceptors (Lipinski definition) is 4. The Hall–Kier alpha value is -2.39. The summed E-state index contributed by atoms with van der Waals surface area (Å²) >= 11 is 0.939. The fourth-order valence-corrected chi connectivity index (χ4v) is 2.86. The highest BCUT2D eigenvalue weighted by Crippen LogP contribution is 2.13. The predicted octanol–water partition coefficient (Wildman–Crippen LogP) is 1.91. The third-order valence-corrected chi connectivity index (χ3v) is 4.14. The van der Waals surface area contributed by atoms with E-state index in [2.05, 4.69) is 5.32 Å². The minimum absolute atomic E-state index is 0.151. The molecule has 21 heavy (non-hydrogen) atoms. The van der Waals surface area contributed by atoms with Crippen molar-refractivity contribution in [1.29, 1.82) is 5.26 Å². The second kappa shape index (κ2) is 6.86. The van der Waals surface area contributed by atoms with Crippen LogP contribution >= 0.6 is 11.3 Å². The summed E-state index contributed by atoms with van der Waals surface area (Å²) < 4.78 is 1.60. The largest absolute Gasteiger partial charge is 0.350 e. The Labute approximate surface area is 126 Å². The first kappa shape index (κ1) is 15.0. The lowest BCUT2D eigenvalue weighted by molar-refractivity contribution is 0.0957. The molecule has 2 aromatic rings. The molecule has 0 aliphatic heterocycles. The van der Waals surface area contributed by atoms with Crippen LogP contribution in [0.1, 0.15) is 27.3 Å². The van der Waals surface area contributed by atoms with Gasteiger partial charge < -0.3 is 5.32 Å². The third-order valence-electron chi connectivity index (χ3n) is 3.06. The quantitative estimate of drug-likeness (QED) is 0.857. The summed E-state index contributed by atoms with van der Waals surface area (Å²) in [6, 6.07) is 11.6. The van der Waals surface area contributed by atoms with Gasteiger partial charge in [-0.25, -0.2) is 0 Å². The molecule has 1 aromatic heterocycles. The standard InChI is InChI=1S/C15H15N3O2S/c1-11-13(14(19)17-9-5-8-16)21-15(20)18(11)10-12-6-3-2-4-7-12/h2-4,6-7H,5,9-10H2,1H3,(H,17,19). The Bertz CT molecular complexity index is 726. The molecule has 6 heteroatoms. The van der Waals surface area contributed by atoms with Crippen molar-refractivity contribution in [2.75, 3.05) is 6.54 Å². The molecule has 1 N–H and O–H groups in total. The van der Waals surface area contributed by atoms with Crippen LogP contribution in [0.2, 0.25) is 0 Å². The van der Waals surface area contributed by atoms with Gasteiger partial charge in [-0.15, -0.1) is 0 Å². The van der Waals surface area contributed by atoms with Crippen molar-refractivity contribution in [3.63, 3.8) is 0 Å². The lowest BCUT2D eigenvalue weighted by Gasteiger charge is -2.06. The van der Waals surface area contributed by atoms with Crippen LogP contribution in [-0.2, 0) is 6.54 Å². The van der Waals surface area contributed by atoms with Gasteiger partial charge in [0.1, 0.15) is 4.88 Å². The van der Waals surface area contributed by atoms with Crippen LogP contribution in [0.25, 0.3) is 0 Å². The van der Waals surface area contributed by atoms with Crippen LogP contribution in [0, 0.1) is 18.3 Å². The van der Waals surface area contributed by atoms with E-state index in [9.17, 15) is 9.59 Å². The number of carbonyl (C=O) groups is 1. The molecule has 5 nitrogen and oxygen atoms in total. The van der Waals surface area contributed by atoms with Gasteiger partial charge in [0.15, 0.2) is 0 Å². The molecular formula is C15H15N3O2S. The summed E-state index contributed by atoms with van der Waals surface area (Å²) in [6.45, 7) is 2.51. The second-order valence-corrected chi connectivity index (χ2v) is 5.48. The molecule has 0 aliphatic rings. The van der Waals surface area contributed by atoms with Gasteiger partial charge in [0.2, 0.25) is 0 Å². The summed E-state index contributed by atoms with van der Waals surface area (Å²) in [5, 5.41) is 11.1. The molecule has 1 amide bonds. The van der Waals surface area contributed by atoms with Crippen molar-refractivity contribution < 1.29 is 4.79 Å². The Balaban J connectivity index is 2.20. The van der Waals surface area contributed by atoms with Crippen LogP contribution in [0.3, 0.4) is 0 Å². The van der Waals surface area contributed by atoms with Crippen LogP contribution in [0.5, 0.6) is 0 Å². The van der Waals surface area contributed by atoms with E-state index >= 15 is 0 Å². The fourth-order valence-electron chi connectivity index (χ4n) is 1.95. The van der Waals surface area contributed by atoms with Gasteiger partial charge in [-0.05, 0) is 12.5 Å². The number of amides is 1. The molecule has 0 fully saturated rings. The van der Waals surface area contributed by atoms with E-state index in [0.29, 0.717) is 23.7 Å². The van der Waals surface area contributed by atoms with E-state index in [1.807, 2.05) is 36.4 Å². The van der Waals surface area contributed by atoms with Gasteiger partial charge in [0, 0.05) is 12.2 Å². The first-order valence-corrected chi connectivity index (χ1v) is 7.34. The maximum absolute atomic E-state index is 12.0. The Morgan fingerprint density at radius 2 is 2.10 bits per heavy atom. The predicted molar refractivity (Wildman–Crippen MR) is 81.4 cm³/mol. The number of hydrogen-bond donors (Lipinski definition) is 1. The minimum Gasteiger partial charge on any atom is -0.350 e. The fraction of sp³-hybridized carbons (Fsp3) is 0.267. The Kier molecular flexibility index (Phi) is 4.90. The number of nitriles is 1. The lowest BCUT2D eigenvalue weighted by atomic mass is 10.2. The topological polar surface area (TPSA) is 74.9 Å². The number of aromatic nitrogens is 1. The molecule has 0 saturated heterocycles. The summed E-state index contributed by atoms with van der Waals surface area (Å²) in [4.78, 5) is 24.3. The Morgan fingerprint density at radius 1 is 1.38 bits per heavy atom. The number of nitrogens with one attached hydrogen (secondary N) is 1. The van der Waals surface area contributed by atoms with Gasteiger partial charge >= 0.3 is 4.87 Å². The number of benzene rings is 1. The first-order chi connectivity index (χ1) is 10.1. The smallest absolute Gasteiger partial charge is 0.308 e. The van der Waals surface area contributed by atoms with Crippen molar-refractivity contribution in [2.24, 2.45) is 0 Å². The molecule has 0 unspecified atom stereocenters. The van der Waals surface area contributed by atoms with Crippen molar-refractivity contribution in [2.45, 2.75) is 19.9 Å². The van der Waals surface area contributed by atoms with Gasteiger partial charge in [0.25, 0.3) is 5.91 Å². The molecule has 0 aliphatic carbocycles. The molecule has 0 spiro atoms. The number of rotatable bonds is 5. The number of carbonyl (C=O) groups excluding carboxylic acids is 1. The first-order valence-electron chi connectivity index (χ1n) is 6.52. The molecule has 1 heterocycles. The molecule has 2 rings (SSSR count). The molecule has 108 valence electrons. The van der Waals surface area contributed by atoms with Crippen LogP contribution in [0.4, 0.5) is 0 Å². The van der Waals surface area contributed by atoms with E-state index in [1.54, 1.807) is 11.5 Å². The lowest BCUT2D eigenvalue weighted by Crippen LogP contribution is -2.24. The summed E-state index contributed by atoms with van der Waals surface area (Å²) in [7, 11) is 0. The minimum atomic E-state index is -0.295. The Morgan fingerprint density at radius 3 is 2.76 bits per heavy atom. The third kappa shape index (κ3) is 3.58. The normalized spacial score (nSPS) is 10.1. The van der Waals surface area contributed by atoms with Crippen LogP contribution < -0.4 is 10.2 Å². The van der Waals surface area contributed by atoms with E-state index in [4.69, 9.17) is 5.26 Å². The monoisotopic (exact) mass is 301 g/mol. The van der Waals surface area contributed by atoms with Crippen molar-refractivity contribution in [3.05, 3.63) is 56.1 Å². The van der Waals surface area contributed by atoms with Gasteiger partial charge in [-0.1, -0.05) is 41.7 Å². The van der Waals surface area contributed by atoms with E-state index in [0.717, 1.165) is 16.9 Å². The summed E-state index contributed by atoms with van der Waals surface area (Å²) in [6.07, 6.45) is 0.254. The zero-order chi connectivity index (χ0) is 15.2. The maximum Gasteiger partial charge on any atom is 0.308 e. The van der Waals surface area contributed by atoms with Crippen LogP contribution in [0.15, 0.2) is 35.1 Å². The highest BCUT2D eigenvalue weighted by molar-refractivity contribution is 7.11. The van der Waals surface area contributed by atoms with Crippen LogP contribution in [-0.4, -0.2) is 17.0 Å². The zero-order valence-electron chi connectivity index (χ0n) is 11.6. The summed E-state index contributed by atoms with van der Waals surface area (Å²) in [5.41, 5.74) is 1.67. The maximum atomic E-state index is 12.0. The highest BCUT2D eigenvalue weighted by Gasteiger charge is 2.17. The molecule has 0 radical (unpaired) electrons. The van der Waals surface area contributed by atoms with Gasteiger partial charge in [-0.2, -0.15) is 5.26 Å².